The summed E-state index contributed by atoms with van der Waals surface area (Å²) in [5, 5.41) is 13.7. The van der Waals surface area contributed by atoms with Crippen LogP contribution in [0.25, 0.3) is 22.4 Å². The van der Waals surface area contributed by atoms with Gasteiger partial charge in [-0.2, -0.15) is 0 Å². The van der Waals surface area contributed by atoms with Gasteiger partial charge in [-0.05, 0) is 62.6 Å². The second-order valence-electron chi connectivity index (χ2n) is 10.5. The molecule has 0 saturated carbocycles. The minimum absolute atomic E-state index is 0.00118. The van der Waals surface area contributed by atoms with E-state index in [-0.39, 0.29) is 30.8 Å². The van der Waals surface area contributed by atoms with Gasteiger partial charge in [-0.1, -0.05) is 35.0 Å². The number of pyridine rings is 1. The highest BCUT2D eigenvalue weighted by Crippen LogP contribution is 2.38. The summed E-state index contributed by atoms with van der Waals surface area (Å²) < 4.78 is 18.0. The smallest absolute Gasteiger partial charge is 0.335 e. The second-order valence-corrected chi connectivity index (χ2v) is 10.9. The fraction of sp³-hybridized carbons (Fsp3) is 0.290. The first kappa shape index (κ1) is 29.8. The number of carboxylic acids is 1. The zero-order valence-electron chi connectivity index (χ0n) is 23.2. The van der Waals surface area contributed by atoms with Crippen LogP contribution in [0.2, 0.25) is 5.02 Å². The van der Waals surface area contributed by atoms with E-state index in [1.54, 1.807) is 36.4 Å². The van der Waals surface area contributed by atoms with E-state index in [0.29, 0.717) is 38.7 Å². The average Bonchev–Trinajstić information content (AvgIpc) is 3.46. The number of hydrogen-bond donors (Lipinski definition) is 1. The zero-order valence-corrected chi connectivity index (χ0v) is 24.0. The van der Waals surface area contributed by atoms with E-state index in [4.69, 9.17) is 25.6 Å². The number of carboxylic acid groups (broad SMARTS) is 1. The topological polar surface area (TPSA) is 121 Å². The van der Waals surface area contributed by atoms with Crippen LogP contribution in [0.15, 0.2) is 76.4 Å². The number of benzene rings is 2. The number of carbonyl (C=O) groups excluding carboxylic acids is 1. The zero-order chi connectivity index (χ0) is 29.7. The third-order valence-electron chi connectivity index (χ3n) is 6.46. The lowest BCUT2D eigenvalue weighted by Gasteiger charge is -2.24. The van der Waals surface area contributed by atoms with Crippen molar-refractivity contribution < 1.29 is 28.7 Å². The molecule has 0 aliphatic rings. The molecular formula is C31H31ClN2O7. The van der Waals surface area contributed by atoms with Gasteiger partial charge >= 0.3 is 5.97 Å². The summed E-state index contributed by atoms with van der Waals surface area (Å²) in [7, 11) is 1.48. The molecule has 0 bridgehead atoms. The van der Waals surface area contributed by atoms with Gasteiger partial charge in [-0.25, -0.2) is 4.79 Å². The van der Waals surface area contributed by atoms with Crippen LogP contribution in [-0.2, 0) is 16.0 Å². The fourth-order valence-corrected chi connectivity index (χ4v) is 4.65. The van der Waals surface area contributed by atoms with Crippen molar-refractivity contribution in [1.29, 1.82) is 0 Å². The summed E-state index contributed by atoms with van der Waals surface area (Å²) >= 11 is 6.33. The molecule has 1 N–H and O–H groups in total. The van der Waals surface area contributed by atoms with Crippen molar-refractivity contribution in [2.45, 2.75) is 45.3 Å². The fourth-order valence-electron chi connectivity index (χ4n) is 4.48. The number of ether oxygens (including phenoxy) is 2. The SMILES string of the molecule is COc1cn(C(CCOC(C)(C)C)C(=O)Cc2ccc(C(=O)O)cc2)c(=O)cc1-c1cc(Cl)ccc1-c1ccon1. The predicted molar refractivity (Wildman–Crippen MR) is 155 cm³/mol. The maximum Gasteiger partial charge on any atom is 0.335 e. The molecule has 10 heteroatoms. The Kier molecular flexibility index (Phi) is 9.10. The van der Waals surface area contributed by atoms with E-state index in [1.165, 1.54) is 42.3 Å². The molecule has 0 radical (unpaired) electrons. The van der Waals surface area contributed by atoms with E-state index in [0.717, 1.165) is 0 Å². The molecule has 0 saturated heterocycles. The number of aromatic carboxylic acids is 1. The Morgan fingerprint density at radius 2 is 1.78 bits per heavy atom. The van der Waals surface area contributed by atoms with Crippen molar-refractivity contribution in [3.63, 3.8) is 0 Å². The minimum Gasteiger partial charge on any atom is -0.495 e. The van der Waals surface area contributed by atoms with Gasteiger partial charge in [0.1, 0.15) is 17.7 Å². The van der Waals surface area contributed by atoms with E-state index in [1.807, 2.05) is 20.8 Å². The lowest BCUT2D eigenvalue weighted by Crippen LogP contribution is -2.32. The monoisotopic (exact) mass is 578 g/mol. The Morgan fingerprint density at radius 3 is 2.39 bits per heavy atom. The molecule has 2 aromatic heterocycles. The Labute approximate surface area is 242 Å². The quantitative estimate of drug-likeness (QED) is 0.227. The van der Waals surface area contributed by atoms with Crippen LogP contribution in [0.5, 0.6) is 5.75 Å². The number of halogens is 1. The highest BCUT2D eigenvalue weighted by Gasteiger charge is 2.25. The molecule has 0 aliphatic heterocycles. The molecule has 0 amide bonds. The van der Waals surface area contributed by atoms with Crippen molar-refractivity contribution in [2.24, 2.45) is 0 Å². The Balaban J connectivity index is 1.75. The molecule has 4 rings (SSSR count). The number of rotatable bonds is 11. The molecule has 0 fully saturated rings. The normalized spacial score (nSPS) is 12.2. The molecule has 0 aliphatic carbocycles. The van der Waals surface area contributed by atoms with Gasteiger partial charge in [-0.3, -0.25) is 9.59 Å². The van der Waals surface area contributed by atoms with Crippen molar-refractivity contribution >= 4 is 23.4 Å². The lowest BCUT2D eigenvalue weighted by molar-refractivity contribution is -0.122. The highest BCUT2D eigenvalue weighted by molar-refractivity contribution is 6.31. The Morgan fingerprint density at radius 1 is 1.05 bits per heavy atom. The van der Waals surface area contributed by atoms with Crippen molar-refractivity contribution in [3.05, 3.63) is 93.6 Å². The van der Waals surface area contributed by atoms with Crippen LogP contribution in [0.4, 0.5) is 0 Å². The van der Waals surface area contributed by atoms with E-state index < -0.39 is 23.2 Å². The molecular weight excluding hydrogens is 548 g/mol. The van der Waals surface area contributed by atoms with Crippen molar-refractivity contribution in [1.82, 2.24) is 9.72 Å². The number of hydrogen-bond acceptors (Lipinski definition) is 7. The summed E-state index contributed by atoms with van der Waals surface area (Å²) in [6.07, 6.45) is 3.22. The summed E-state index contributed by atoms with van der Waals surface area (Å²) in [6, 6.07) is 13.6. The number of Topliss-reactive ketones (excluding diaryl/α,β-unsaturated/α-hetero) is 1. The maximum absolute atomic E-state index is 13.6. The van der Waals surface area contributed by atoms with Crippen LogP contribution in [0.1, 0.15) is 49.2 Å². The summed E-state index contributed by atoms with van der Waals surface area (Å²) in [5.41, 5.74) is 2.26. The van der Waals surface area contributed by atoms with Gasteiger partial charge in [0.15, 0.2) is 5.78 Å². The molecule has 214 valence electrons. The van der Waals surface area contributed by atoms with E-state index in [9.17, 15) is 19.5 Å². The molecule has 4 aromatic rings. The largest absolute Gasteiger partial charge is 0.495 e. The summed E-state index contributed by atoms with van der Waals surface area (Å²) in [4.78, 5) is 38.5. The molecule has 41 heavy (non-hydrogen) atoms. The molecule has 1 unspecified atom stereocenters. The van der Waals surface area contributed by atoms with Crippen LogP contribution in [-0.4, -0.2) is 45.9 Å². The molecule has 9 nitrogen and oxygen atoms in total. The molecule has 0 spiro atoms. The standard InChI is InChI=1S/C31H31ClN2O7/c1-31(2,3)40-13-12-26(27(35)15-19-5-7-20(8-6-19)30(37)38)34-18-28(39-4)24(17-29(34)36)23-16-21(32)9-10-22(23)25-11-14-41-33-25/h5-11,14,16-18,26H,12-13,15H2,1-4H3,(H,37,38). The number of carbonyl (C=O) groups is 2. The van der Waals surface area contributed by atoms with Crippen molar-refractivity contribution in [2.75, 3.05) is 13.7 Å². The number of aromatic nitrogens is 2. The summed E-state index contributed by atoms with van der Waals surface area (Å²) in [5.74, 6) is -0.921. The lowest BCUT2D eigenvalue weighted by atomic mass is 9.97. The van der Waals surface area contributed by atoms with Gasteiger partial charge in [0.2, 0.25) is 0 Å². The van der Waals surface area contributed by atoms with Gasteiger partial charge < -0.3 is 23.7 Å². The third-order valence-corrected chi connectivity index (χ3v) is 6.70. The van der Waals surface area contributed by atoms with Gasteiger partial charge in [0.25, 0.3) is 5.56 Å². The summed E-state index contributed by atoms with van der Waals surface area (Å²) in [6.45, 7) is 5.97. The van der Waals surface area contributed by atoms with Crippen LogP contribution < -0.4 is 10.3 Å². The number of ketones is 1. The number of methoxy groups -OCH3 is 1. The van der Waals surface area contributed by atoms with Crippen LogP contribution >= 0.6 is 11.6 Å². The highest BCUT2D eigenvalue weighted by atomic mass is 35.5. The Hall–Kier alpha value is -4.21. The van der Waals surface area contributed by atoms with Gasteiger partial charge in [-0.15, -0.1) is 0 Å². The van der Waals surface area contributed by atoms with Crippen LogP contribution in [0.3, 0.4) is 0 Å². The minimum atomic E-state index is -1.05. The predicted octanol–water partition coefficient (Wildman–Crippen LogP) is 6.09. The molecule has 1 atom stereocenters. The average molecular weight is 579 g/mol. The first-order chi connectivity index (χ1) is 19.5. The molecule has 2 heterocycles. The van der Waals surface area contributed by atoms with Gasteiger partial charge in [0, 0.05) is 41.3 Å². The van der Waals surface area contributed by atoms with E-state index >= 15 is 0 Å². The third kappa shape index (κ3) is 7.31. The first-order valence-corrected chi connectivity index (χ1v) is 13.3. The maximum atomic E-state index is 13.6. The second kappa shape index (κ2) is 12.5. The van der Waals surface area contributed by atoms with E-state index in [2.05, 4.69) is 5.16 Å². The molecule has 2 aromatic carbocycles. The Bertz CT molecular complexity index is 1590. The van der Waals surface area contributed by atoms with Gasteiger partial charge in [0.05, 0.1) is 30.5 Å². The van der Waals surface area contributed by atoms with Crippen LogP contribution in [0, 0.1) is 0 Å². The number of nitrogens with zero attached hydrogens (tertiary/aromatic N) is 2. The van der Waals surface area contributed by atoms with Crippen molar-refractivity contribution in [3.8, 4) is 28.1 Å². The first-order valence-electron chi connectivity index (χ1n) is 13.0.